The van der Waals surface area contributed by atoms with Crippen LogP contribution in [-0.4, -0.2) is 65.2 Å². The highest BCUT2D eigenvalue weighted by molar-refractivity contribution is 5.94. The first-order valence-electron chi connectivity index (χ1n) is 10.8. The molecule has 1 aliphatic heterocycles. The summed E-state index contributed by atoms with van der Waals surface area (Å²) in [7, 11) is 0. The van der Waals surface area contributed by atoms with E-state index in [1.807, 2.05) is 19.9 Å². The van der Waals surface area contributed by atoms with E-state index in [4.69, 9.17) is 9.47 Å². The third kappa shape index (κ3) is 6.36. The van der Waals surface area contributed by atoms with Crippen molar-refractivity contribution in [1.82, 2.24) is 25.3 Å². The van der Waals surface area contributed by atoms with Crippen molar-refractivity contribution in [3.05, 3.63) is 59.7 Å². The topological polar surface area (TPSA) is 114 Å². The highest BCUT2D eigenvalue weighted by atomic mass is 16.5. The number of rotatable bonds is 8. The Kier molecular flexibility index (Phi) is 7.26. The minimum Gasteiger partial charge on any atom is -0.424 e. The van der Waals surface area contributed by atoms with E-state index in [0.717, 1.165) is 30.4 Å². The number of amides is 1. The number of benzene rings is 1. The molecule has 2 aromatic heterocycles. The highest BCUT2D eigenvalue weighted by Gasteiger charge is 2.14. The summed E-state index contributed by atoms with van der Waals surface area (Å²) in [5, 5.41) is 6.16. The Morgan fingerprint density at radius 1 is 1.06 bits per heavy atom. The summed E-state index contributed by atoms with van der Waals surface area (Å²) < 4.78 is 11.0. The number of hydrogen-bond donors (Lipinski definition) is 2. The Morgan fingerprint density at radius 3 is 2.61 bits per heavy atom. The van der Waals surface area contributed by atoms with Gasteiger partial charge in [0.2, 0.25) is 0 Å². The summed E-state index contributed by atoms with van der Waals surface area (Å²) in [4.78, 5) is 31.8. The van der Waals surface area contributed by atoms with Crippen molar-refractivity contribution in [2.75, 3.05) is 49.6 Å². The molecule has 1 saturated heterocycles. The number of nitrogens with one attached hydrogen (secondary N) is 2. The SMILES string of the molecule is Cc1ccnc(Oc2ccc(C(=O)NCCNc3cc(N4CCOCC4)nc(C)n3)cc2)n1. The average molecular weight is 450 g/mol. The number of carbonyl (C=O) groups is 1. The van der Waals surface area contributed by atoms with E-state index < -0.39 is 0 Å². The molecule has 0 atom stereocenters. The van der Waals surface area contributed by atoms with Gasteiger partial charge in [-0.1, -0.05) is 0 Å². The lowest BCUT2D eigenvalue weighted by molar-refractivity contribution is 0.0955. The number of nitrogens with zero attached hydrogens (tertiary/aromatic N) is 5. The van der Waals surface area contributed by atoms with E-state index in [0.29, 0.717) is 43.4 Å². The fraction of sp³-hybridized carbons (Fsp3) is 0.348. The molecule has 4 rings (SSSR count). The molecule has 3 heterocycles. The molecule has 1 amide bonds. The molecule has 1 aliphatic rings. The van der Waals surface area contributed by atoms with Gasteiger partial charge >= 0.3 is 6.01 Å². The number of carbonyl (C=O) groups excluding carboxylic acids is 1. The molecule has 0 unspecified atom stereocenters. The molecular weight excluding hydrogens is 422 g/mol. The fourth-order valence-electron chi connectivity index (χ4n) is 3.32. The third-order valence-electron chi connectivity index (χ3n) is 4.97. The second kappa shape index (κ2) is 10.7. The number of morpholine rings is 1. The number of anilines is 2. The number of aromatic nitrogens is 4. The van der Waals surface area contributed by atoms with E-state index in [1.54, 1.807) is 36.5 Å². The first-order chi connectivity index (χ1) is 16.1. The molecule has 0 aliphatic carbocycles. The third-order valence-corrected chi connectivity index (χ3v) is 4.97. The molecule has 0 bridgehead atoms. The zero-order valence-electron chi connectivity index (χ0n) is 18.7. The lowest BCUT2D eigenvalue weighted by atomic mass is 10.2. The van der Waals surface area contributed by atoms with Crippen molar-refractivity contribution in [3.8, 4) is 11.8 Å². The van der Waals surface area contributed by atoms with Crippen LogP contribution in [0.3, 0.4) is 0 Å². The minimum absolute atomic E-state index is 0.164. The summed E-state index contributed by atoms with van der Waals surface area (Å²) in [5.74, 6) is 2.72. The Morgan fingerprint density at radius 2 is 1.85 bits per heavy atom. The maximum atomic E-state index is 12.4. The van der Waals surface area contributed by atoms with E-state index in [1.165, 1.54) is 0 Å². The number of hydrogen-bond acceptors (Lipinski definition) is 9. The van der Waals surface area contributed by atoms with Gasteiger partial charge in [-0.3, -0.25) is 4.79 Å². The van der Waals surface area contributed by atoms with Gasteiger partial charge in [0.25, 0.3) is 5.91 Å². The predicted octanol–water partition coefficient (Wildman–Crippen LogP) is 2.35. The average Bonchev–Trinajstić information content (AvgIpc) is 2.82. The monoisotopic (exact) mass is 449 g/mol. The van der Waals surface area contributed by atoms with Crippen molar-refractivity contribution in [2.45, 2.75) is 13.8 Å². The molecule has 0 spiro atoms. The van der Waals surface area contributed by atoms with Crippen molar-refractivity contribution >= 4 is 17.5 Å². The summed E-state index contributed by atoms with van der Waals surface area (Å²) in [6.45, 7) is 7.75. The van der Waals surface area contributed by atoms with Crippen LogP contribution in [0.25, 0.3) is 0 Å². The predicted molar refractivity (Wildman–Crippen MR) is 124 cm³/mol. The highest BCUT2D eigenvalue weighted by Crippen LogP contribution is 2.19. The Labute approximate surface area is 192 Å². The van der Waals surface area contributed by atoms with Crippen molar-refractivity contribution in [3.63, 3.8) is 0 Å². The van der Waals surface area contributed by atoms with E-state index in [9.17, 15) is 4.79 Å². The van der Waals surface area contributed by atoms with Crippen LogP contribution in [0.1, 0.15) is 21.9 Å². The van der Waals surface area contributed by atoms with Gasteiger partial charge in [0, 0.05) is 49.7 Å². The smallest absolute Gasteiger partial charge is 0.322 e. The molecule has 33 heavy (non-hydrogen) atoms. The van der Waals surface area contributed by atoms with Gasteiger partial charge in [-0.2, -0.15) is 0 Å². The second-order valence-electron chi connectivity index (χ2n) is 7.55. The molecule has 172 valence electrons. The van der Waals surface area contributed by atoms with Crippen LogP contribution < -0.4 is 20.3 Å². The van der Waals surface area contributed by atoms with Crippen molar-refractivity contribution < 1.29 is 14.3 Å². The van der Waals surface area contributed by atoms with Gasteiger partial charge in [-0.05, 0) is 44.2 Å². The van der Waals surface area contributed by atoms with Gasteiger partial charge in [-0.25, -0.2) is 19.9 Å². The van der Waals surface area contributed by atoms with Crippen LogP contribution in [-0.2, 0) is 4.74 Å². The molecular formula is C23H27N7O3. The lowest BCUT2D eigenvalue weighted by Gasteiger charge is -2.28. The Hall–Kier alpha value is -3.79. The van der Waals surface area contributed by atoms with E-state index in [2.05, 4.69) is 35.5 Å². The normalized spacial score (nSPS) is 13.5. The number of ether oxygens (including phenoxy) is 2. The van der Waals surface area contributed by atoms with Crippen LogP contribution in [0.5, 0.6) is 11.8 Å². The molecule has 0 radical (unpaired) electrons. The van der Waals surface area contributed by atoms with Crippen LogP contribution in [0.15, 0.2) is 42.6 Å². The molecule has 3 aromatic rings. The molecule has 1 aromatic carbocycles. The quantitative estimate of drug-likeness (QED) is 0.500. The number of aryl methyl sites for hydroxylation is 2. The van der Waals surface area contributed by atoms with Gasteiger partial charge in [0.1, 0.15) is 23.2 Å². The molecule has 10 nitrogen and oxygen atoms in total. The summed E-state index contributed by atoms with van der Waals surface area (Å²) in [5.41, 5.74) is 1.36. The first-order valence-corrected chi connectivity index (χ1v) is 10.8. The maximum Gasteiger partial charge on any atom is 0.322 e. The molecule has 0 saturated carbocycles. The van der Waals surface area contributed by atoms with Crippen LogP contribution in [0, 0.1) is 13.8 Å². The van der Waals surface area contributed by atoms with Crippen LogP contribution >= 0.6 is 0 Å². The minimum atomic E-state index is -0.164. The van der Waals surface area contributed by atoms with Crippen molar-refractivity contribution in [1.29, 1.82) is 0 Å². The van der Waals surface area contributed by atoms with Gasteiger partial charge in [0.15, 0.2) is 0 Å². The summed E-state index contributed by atoms with van der Waals surface area (Å²) in [6.07, 6.45) is 1.64. The zero-order chi connectivity index (χ0) is 23.0. The largest absolute Gasteiger partial charge is 0.424 e. The summed E-state index contributed by atoms with van der Waals surface area (Å²) >= 11 is 0. The molecule has 10 heteroatoms. The lowest BCUT2D eigenvalue weighted by Crippen LogP contribution is -2.37. The molecule has 2 N–H and O–H groups in total. The van der Waals surface area contributed by atoms with Gasteiger partial charge in [-0.15, -0.1) is 0 Å². The maximum absolute atomic E-state index is 12.4. The fourth-order valence-corrected chi connectivity index (χ4v) is 3.32. The Bertz CT molecular complexity index is 1090. The zero-order valence-corrected chi connectivity index (χ0v) is 18.7. The summed E-state index contributed by atoms with van der Waals surface area (Å²) in [6, 6.07) is 10.8. The molecule has 1 fully saturated rings. The van der Waals surface area contributed by atoms with Gasteiger partial charge in [0.05, 0.1) is 13.2 Å². The van der Waals surface area contributed by atoms with E-state index >= 15 is 0 Å². The standard InChI is InChI=1S/C23H27N7O3/c1-16-7-8-26-23(27-16)33-19-5-3-18(4-6-19)22(31)25-10-9-24-20-15-21(29-17(2)28-20)30-11-13-32-14-12-30/h3-8,15H,9-14H2,1-2H3,(H,25,31)(H,24,28,29). The first kappa shape index (κ1) is 22.4. The second-order valence-corrected chi connectivity index (χ2v) is 7.55. The Balaban J connectivity index is 1.25. The van der Waals surface area contributed by atoms with E-state index in [-0.39, 0.29) is 11.9 Å². The van der Waals surface area contributed by atoms with Crippen molar-refractivity contribution in [2.24, 2.45) is 0 Å². The van der Waals surface area contributed by atoms with Gasteiger partial charge < -0.3 is 25.0 Å². The van der Waals surface area contributed by atoms with Crippen LogP contribution in [0.2, 0.25) is 0 Å². The van der Waals surface area contributed by atoms with Crippen LogP contribution in [0.4, 0.5) is 11.6 Å².